The molecule has 0 spiro atoms. The van der Waals surface area contributed by atoms with Crippen LogP contribution >= 0.6 is 0 Å². The molecular weight excluding hydrogens is 162 g/mol. The van der Waals surface area contributed by atoms with Gasteiger partial charge in [-0.1, -0.05) is 12.2 Å². The molecule has 0 bridgehead atoms. The Morgan fingerprint density at radius 2 is 2.15 bits per heavy atom. The summed E-state index contributed by atoms with van der Waals surface area (Å²) in [5.41, 5.74) is 0.803. The highest BCUT2D eigenvalue weighted by Gasteiger charge is 2.15. The number of fused-ring (bicyclic) bond motifs is 1. The van der Waals surface area contributed by atoms with E-state index in [0.29, 0.717) is 5.82 Å². The predicted octanol–water partition coefficient (Wildman–Crippen LogP) is 2.97. The summed E-state index contributed by atoms with van der Waals surface area (Å²) in [5.74, 6) is 0.698. The van der Waals surface area contributed by atoms with Gasteiger partial charge >= 0.3 is 0 Å². The second-order valence-electron chi connectivity index (χ2n) is 3.60. The molecular formula is C10H11N3. The first-order valence-corrected chi connectivity index (χ1v) is 4.25. The highest BCUT2D eigenvalue weighted by atomic mass is 15.2. The van der Waals surface area contributed by atoms with Gasteiger partial charge in [0.15, 0.2) is 5.82 Å². The minimum absolute atomic E-state index is 0.222. The van der Waals surface area contributed by atoms with E-state index in [9.17, 15) is 0 Å². The van der Waals surface area contributed by atoms with Crippen LogP contribution in [0.5, 0.6) is 0 Å². The summed E-state index contributed by atoms with van der Waals surface area (Å²) in [6.45, 7) is 4.03. The second-order valence-corrected chi connectivity index (χ2v) is 3.60. The third kappa shape index (κ3) is 1.64. The number of aromatic nitrogens is 1. The smallest absolute Gasteiger partial charge is 0.181 e. The third-order valence-electron chi connectivity index (χ3n) is 1.89. The van der Waals surface area contributed by atoms with Crippen LogP contribution in [0.2, 0.25) is 0 Å². The molecule has 0 amide bonds. The van der Waals surface area contributed by atoms with Crippen LogP contribution in [0.1, 0.15) is 19.4 Å². The van der Waals surface area contributed by atoms with Gasteiger partial charge in [-0.15, -0.1) is 5.11 Å². The Bertz CT molecular complexity index is 343. The van der Waals surface area contributed by atoms with Gasteiger partial charge in [-0.25, -0.2) is 4.98 Å². The van der Waals surface area contributed by atoms with E-state index in [4.69, 9.17) is 0 Å². The average molecular weight is 173 g/mol. The quantitative estimate of drug-likeness (QED) is 0.594. The van der Waals surface area contributed by atoms with Gasteiger partial charge in [-0.3, -0.25) is 0 Å². The van der Waals surface area contributed by atoms with E-state index in [1.165, 1.54) is 0 Å². The lowest BCUT2D eigenvalue weighted by Gasteiger charge is -2.09. The van der Waals surface area contributed by atoms with Gasteiger partial charge in [-0.05, 0) is 26.0 Å². The maximum absolute atomic E-state index is 4.17. The second kappa shape index (κ2) is 2.76. The largest absolute Gasteiger partial charge is 0.235 e. The Morgan fingerprint density at radius 1 is 1.31 bits per heavy atom. The summed E-state index contributed by atoms with van der Waals surface area (Å²) in [5, 5.41) is 8.26. The van der Waals surface area contributed by atoms with Crippen molar-refractivity contribution in [1.82, 2.24) is 4.98 Å². The fraction of sp³-hybridized carbons (Fsp3) is 0.300. The zero-order valence-electron chi connectivity index (χ0n) is 7.73. The molecule has 1 aliphatic rings. The van der Waals surface area contributed by atoms with Crippen molar-refractivity contribution in [1.29, 1.82) is 0 Å². The Labute approximate surface area is 77.2 Å². The molecule has 0 aliphatic carbocycles. The maximum Gasteiger partial charge on any atom is 0.181 e. The van der Waals surface area contributed by atoms with Crippen molar-refractivity contribution in [3.8, 4) is 0 Å². The molecule has 1 aliphatic heterocycles. The van der Waals surface area contributed by atoms with E-state index < -0.39 is 0 Å². The predicted molar refractivity (Wildman–Crippen MR) is 51.9 cm³/mol. The fourth-order valence-electron chi connectivity index (χ4n) is 1.13. The lowest BCUT2D eigenvalue weighted by atomic mass is 10.1. The Hall–Kier alpha value is -1.51. The number of azo groups is 1. The van der Waals surface area contributed by atoms with Crippen LogP contribution in [0, 0.1) is 0 Å². The average Bonchev–Trinajstić information content (AvgIpc) is 2.27. The minimum atomic E-state index is -0.222. The zero-order chi connectivity index (χ0) is 9.31. The van der Waals surface area contributed by atoms with Gasteiger partial charge in [0.1, 0.15) is 0 Å². The molecule has 0 fully saturated rings. The molecule has 1 aromatic rings. The van der Waals surface area contributed by atoms with Crippen molar-refractivity contribution in [2.45, 2.75) is 19.4 Å². The fourth-order valence-corrected chi connectivity index (χ4v) is 1.13. The molecule has 1 aromatic heterocycles. The van der Waals surface area contributed by atoms with Gasteiger partial charge in [0.25, 0.3) is 0 Å². The van der Waals surface area contributed by atoms with Crippen LogP contribution < -0.4 is 0 Å². The van der Waals surface area contributed by atoms with Gasteiger partial charge in [0.05, 0.1) is 5.54 Å². The van der Waals surface area contributed by atoms with Crippen molar-refractivity contribution < 1.29 is 0 Å². The molecule has 0 saturated carbocycles. The van der Waals surface area contributed by atoms with Crippen molar-refractivity contribution in [3.63, 3.8) is 0 Å². The normalized spacial score (nSPS) is 18.0. The Balaban J connectivity index is 2.53. The van der Waals surface area contributed by atoms with Crippen LogP contribution in [0.15, 0.2) is 34.6 Å². The van der Waals surface area contributed by atoms with Crippen molar-refractivity contribution in [3.05, 3.63) is 30.0 Å². The van der Waals surface area contributed by atoms with E-state index in [-0.39, 0.29) is 5.54 Å². The van der Waals surface area contributed by atoms with Crippen molar-refractivity contribution in [2.24, 2.45) is 10.2 Å². The molecule has 2 rings (SSSR count). The van der Waals surface area contributed by atoms with E-state index in [0.717, 1.165) is 5.56 Å². The molecule has 0 aromatic carbocycles. The van der Waals surface area contributed by atoms with Crippen LogP contribution in [-0.4, -0.2) is 10.5 Å². The zero-order valence-corrected chi connectivity index (χ0v) is 7.73. The maximum atomic E-state index is 4.17. The summed E-state index contributed by atoms with van der Waals surface area (Å²) in [6, 6.07) is 3.89. The van der Waals surface area contributed by atoms with Crippen LogP contribution in [0.3, 0.4) is 0 Å². The van der Waals surface area contributed by atoms with Crippen molar-refractivity contribution in [2.75, 3.05) is 0 Å². The molecule has 66 valence electrons. The number of rotatable bonds is 0. The Kier molecular flexibility index (Phi) is 1.72. The molecule has 0 unspecified atom stereocenters. The van der Waals surface area contributed by atoms with Gasteiger partial charge in [0.2, 0.25) is 0 Å². The van der Waals surface area contributed by atoms with Gasteiger partial charge in [0, 0.05) is 11.8 Å². The number of pyridine rings is 1. The number of nitrogens with zero attached hydrogens (tertiary/aromatic N) is 3. The van der Waals surface area contributed by atoms with Crippen molar-refractivity contribution >= 4 is 11.9 Å². The van der Waals surface area contributed by atoms with E-state index >= 15 is 0 Å². The summed E-state index contributed by atoms with van der Waals surface area (Å²) < 4.78 is 0. The molecule has 13 heavy (non-hydrogen) atoms. The molecule has 0 radical (unpaired) electrons. The summed E-state index contributed by atoms with van der Waals surface area (Å²) in [7, 11) is 0. The molecule has 3 heteroatoms. The van der Waals surface area contributed by atoms with E-state index in [2.05, 4.69) is 15.2 Å². The highest BCUT2D eigenvalue weighted by molar-refractivity contribution is 5.61. The van der Waals surface area contributed by atoms with Gasteiger partial charge < -0.3 is 0 Å². The molecule has 0 N–H and O–H groups in total. The van der Waals surface area contributed by atoms with Crippen LogP contribution in [-0.2, 0) is 0 Å². The van der Waals surface area contributed by atoms with E-state index in [1.807, 2.05) is 38.1 Å². The summed E-state index contributed by atoms with van der Waals surface area (Å²) >= 11 is 0. The first-order chi connectivity index (χ1) is 6.17. The van der Waals surface area contributed by atoms with Gasteiger partial charge in [-0.2, -0.15) is 5.11 Å². The Morgan fingerprint density at radius 3 is 3.00 bits per heavy atom. The molecule has 0 atom stereocenters. The van der Waals surface area contributed by atoms with Crippen LogP contribution in [0.25, 0.3) is 6.08 Å². The lowest BCUT2D eigenvalue weighted by Crippen LogP contribution is -2.09. The standard InChI is InChI=1S/C10H11N3/c1-10(2)6-5-8-4-3-7-11-9(8)12-13-10/h3-7H,1-2H3. The molecule has 3 nitrogen and oxygen atoms in total. The molecule has 2 heterocycles. The topological polar surface area (TPSA) is 37.6 Å². The lowest BCUT2D eigenvalue weighted by molar-refractivity contribution is 0.623. The van der Waals surface area contributed by atoms with E-state index in [1.54, 1.807) is 6.20 Å². The number of hydrogen-bond donors (Lipinski definition) is 0. The third-order valence-corrected chi connectivity index (χ3v) is 1.89. The van der Waals surface area contributed by atoms with Crippen LogP contribution in [0.4, 0.5) is 5.82 Å². The SMILES string of the molecule is CC1(C)C=Cc2cccnc2N=N1. The first-order valence-electron chi connectivity index (χ1n) is 4.25. The first kappa shape index (κ1) is 8.10. The summed E-state index contributed by atoms with van der Waals surface area (Å²) in [6.07, 6.45) is 5.77. The number of hydrogen-bond acceptors (Lipinski definition) is 3. The molecule has 0 saturated heterocycles. The highest BCUT2D eigenvalue weighted by Crippen LogP contribution is 2.25. The summed E-state index contributed by atoms with van der Waals surface area (Å²) in [4.78, 5) is 4.13. The minimum Gasteiger partial charge on any atom is -0.235 e. The monoisotopic (exact) mass is 173 g/mol.